The highest BCUT2D eigenvalue weighted by Crippen LogP contribution is 2.29. The van der Waals surface area contributed by atoms with Crippen LogP contribution in [-0.2, 0) is 13.0 Å². The van der Waals surface area contributed by atoms with Gasteiger partial charge < -0.3 is 14.8 Å². The molecule has 0 saturated carbocycles. The Labute approximate surface area is 172 Å². The van der Waals surface area contributed by atoms with Gasteiger partial charge in [0, 0.05) is 11.3 Å². The van der Waals surface area contributed by atoms with E-state index >= 15 is 0 Å². The Hall–Kier alpha value is -3.27. The molecule has 0 heterocycles. The van der Waals surface area contributed by atoms with Crippen molar-refractivity contribution < 1.29 is 14.3 Å². The molecule has 1 amide bonds. The van der Waals surface area contributed by atoms with Gasteiger partial charge in [0.15, 0.2) is 11.5 Å². The van der Waals surface area contributed by atoms with Gasteiger partial charge in [-0.1, -0.05) is 48.9 Å². The highest BCUT2D eigenvalue weighted by Gasteiger charge is 2.12. The maximum absolute atomic E-state index is 12.6. The van der Waals surface area contributed by atoms with Crippen molar-refractivity contribution >= 4 is 11.6 Å². The molecule has 0 spiro atoms. The fourth-order valence-corrected chi connectivity index (χ4v) is 2.91. The molecule has 0 aliphatic heterocycles. The number of carbonyl (C=O) groups excluding carboxylic acids is 1. The minimum Gasteiger partial charge on any atom is -0.490 e. The zero-order valence-electron chi connectivity index (χ0n) is 17.2. The number of anilines is 1. The first-order chi connectivity index (χ1) is 14.1. The molecule has 0 bridgehead atoms. The molecular formula is C25H27NO3. The quantitative estimate of drug-likeness (QED) is 0.531. The molecule has 0 fully saturated rings. The second-order valence-corrected chi connectivity index (χ2v) is 6.87. The lowest BCUT2D eigenvalue weighted by molar-refractivity contribution is 0.102. The monoisotopic (exact) mass is 389 g/mol. The number of rotatable bonds is 8. The van der Waals surface area contributed by atoms with Gasteiger partial charge in [-0.05, 0) is 61.7 Å². The van der Waals surface area contributed by atoms with Crippen molar-refractivity contribution in [1.29, 1.82) is 0 Å². The largest absolute Gasteiger partial charge is 0.490 e. The molecule has 3 rings (SSSR count). The Morgan fingerprint density at radius 2 is 1.52 bits per heavy atom. The second-order valence-electron chi connectivity index (χ2n) is 6.87. The van der Waals surface area contributed by atoms with E-state index in [4.69, 9.17) is 9.47 Å². The molecule has 0 unspecified atom stereocenters. The van der Waals surface area contributed by atoms with Gasteiger partial charge >= 0.3 is 0 Å². The molecule has 0 atom stereocenters. The van der Waals surface area contributed by atoms with E-state index < -0.39 is 0 Å². The van der Waals surface area contributed by atoms with Gasteiger partial charge in [0.2, 0.25) is 0 Å². The van der Waals surface area contributed by atoms with E-state index in [0.29, 0.717) is 30.3 Å². The van der Waals surface area contributed by atoms with Crippen LogP contribution in [0.3, 0.4) is 0 Å². The van der Waals surface area contributed by atoms with E-state index in [1.54, 1.807) is 18.2 Å². The summed E-state index contributed by atoms with van der Waals surface area (Å²) in [6.07, 6.45) is 0.968. The number of nitrogens with one attached hydrogen (secondary N) is 1. The second kappa shape index (κ2) is 9.78. The minimum absolute atomic E-state index is 0.180. The van der Waals surface area contributed by atoms with E-state index in [0.717, 1.165) is 17.7 Å². The fraction of sp³-hybridized carbons (Fsp3) is 0.240. The average molecular weight is 389 g/mol. The molecule has 3 aromatic carbocycles. The van der Waals surface area contributed by atoms with Crippen LogP contribution in [0.4, 0.5) is 5.69 Å². The molecule has 3 aromatic rings. The summed E-state index contributed by atoms with van der Waals surface area (Å²) in [6, 6.07) is 21.3. The van der Waals surface area contributed by atoms with Gasteiger partial charge in [0.25, 0.3) is 5.91 Å². The number of hydrogen-bond acceptors (Lipinski definition) is 3. The normalized spacial score (nSPS) is 10.4. The summed E-state index contributed by atoms with van der Waals surface area (Å²) in [6.45, 7) is 7.00. The molecule has 29 heavy (non-hydrogen) atoms. The predicted octanol–water partition coefficient (Wildman–Crippen LogP) is 5.79. The van der Waals surface area contributed by atoms with Crippen molar-refractivity contribution in [2.75, 3.05) is 11.9 Å². The lowest BCUT2D eigenvalue weighted by atomic mass is 10.1. The highest BCUT2D eigenvalue weighted by molar-refractivity contribution is 6.04. The van der Waals surface area contributed by atoms with Crippen LogP contribution in [0.5, 0.6) is 11.5 Å². The molecule has 0 aromatic heterocycles. The topological polar surface area (TPSA) is 47.6 Å². The van der Waals surface area contributed by atoms with E-state index in [9.17, 15) is 4.79 Å². The van der Waals surface area contributed by atoms with Crippen LogP contribution >= 0.6 is 0 Å². The van der Waals surface area contributed by atoms with Crippen molar-refractivity contribution in [2.45, 2.75) is 33.8 Å². The summed E-state index contributed by atoms with van der Waals surface area (Å²) >= 11 is 0. The molecule has 4 heteroatoms. The number of aryl methyl sites for hydroxylation is 2. The molecule has 4 nitrogen and oxygen atoms in total. The standard InChI is InChI=1S/C25H27NO3/c1-4-19-10-13-22(14-11-19)26-25(27)21-12-15-23(24(16-21)28-5-2)29-17-20-8-6-18(3)7-9-20/h6-16H,4-5,17H2,1-3H3,(H,26,27). The third-order valence-electron chi connectivity index (χ3n) is 4.64. The van der Waals surface area contributed by atoms with Crippen LogP contribution in [0.15, 0.2) is 66.7 Å². The summed E-state index contributed by atoms with van der Waals surface area (Å²) in [5, 5.41) is 2.93. The maximum atomic E-state index is 12.6. The van der Waals surface area contributed by atoms with E-state index in [-0.39, 0.29) is 5.91 Å². The van der Waals surface area contributed by atoms with Crippen LogP contribution < -0.4 is 14.8 Å². The van der Waals surface area contributed by atoms with Gasteiger partial charge in [-0.25, -0.2) is 0 Å². The molecular weight excluding hydrogens is 362 g/mol. The average Bonchev–Trinajstić information content (AvgIpc) is 2.74. The lowest BCUT2D eigenvalue weighted by Crippen LogP contribution is -2.12. The van der Waals surface area contributed by atoms with Gasteiger partial charge in [-0.15, -0.1) is 0 Å². The molecule has 0 aliphatic carbocycles. The Morgan fingerprint density at radius 3 is 2.17 bits per heavy atom. The van der Waals surface area contributed by atoms with E-state index in [1.807, 2.05) is 43.3 Å². The van der Waals surface area contributed by atoms with E-state index in [1.165, 1.54) is 11.1 Å². The first kappa shape index (κ1) is 20.5. The highest BCUT2D eigenvalue weighted by atomic mass is 16.5. The summed E-state index contributed by atoms with van der Waals surface area (Å²) in [5.41, 5.74) is 4.82. The number of hydrogen-bond donors (Lipinski definition) is 1. The number of ether oxygens (including phenoxy) is 2. The summed E-state index contributed by atoms with van der Waals surface area (Å²) in [4.78, 5) is 12.6. The smallest absolute Gasteiger partial charge is 0.255 e. The Balaban J connectivity index is 1.71. The summed E-state index contributed by atoms with van der Waals surface area (Å²) < 4.78 is 11.6. The fourth-order valence-electron chi connectivity index (χ4n) is 2.91. The molecule has 1 N–H and O–H groups in total. The van der Waals surface area contributed by atoms with E-state index in [2.05, 4.69) is 31.3 Å². The maximum Gasteiger partial charge on any atom is 0.255 e. The van der Waals surface area contributed by atoms with Crippen molar-refractivity contribution in [2.24, 2.45) is 0 Å². The van der Waals surface area contributed by atoms with Crippen LogP contribution in [0.2, 0.25) is 0 Å². The zero-order valence-corrected chi connectivity index (χ0v) is 17.2. The predicted molar refractivity (Wildman–Crippen MR) is 117 cm³/mol. The SMILES string of the molecule is CCOc1cc(C(=O)Nc2ccc(CC)cc2)ccc1OCc1ccc(C)cc1. The van der Waals surface area contributed by atoms with Crippen molar-refractivity contribution in [3.05, 3.63) is 89.0 Å². The third-order valence-corrected chi connectivity index (χ3v) is 4.64. The molecule has 150 valence electrons. The van der Waals surface area contributed by atoms with Gasteiger partial charge in [0.1, 0.15) is 6.61 Å². The molecule has 0 saturated heterocycles. The van der Waals surface area contributed by atoms with Crippen LogP contribution in [0.25, 0.3) is 0 Å². The number of carbonyl (C=O) groups is 1. The summed E-state index contributed by atoms with van der Waals surface area (Å²) in [7, 11) is 0. The third kappa shape index (κ3) is 5.61. The van der Waals surface area contributed by atoms with Crippen molar-refractivity contribution in [3.8, 4) is 11.5 Å². The number of amides is 1. The lowest BCUT2D eigenvalue weighted by Gasteiger charge is -2.14. The minimum atomic E-state index is -0.180. The van der Waals surface area contributed by atoms with Crippen LogP contribution in [0.1, 0.15) is 40.9 Å². The zero-order chi connectivity index (χ0) is 20.6. The Morgan fingerprint density at radius 1 is 0.828 bits per heavy atom. The first-order valence-corrected chi connectivity index (χ1v) is 9.94. The summed E-state index contributed by atoms with van der Waals surface area (Å²) in [5.74, 6) is 1.00. The van der Waals surface area contributed by atoms with Crippen LogP contribution in [-0.4, -0.2) is 12.5 Å². The van der Waals surface area contributed by atoms with Gasteiger partial charge in [-0.3, -0.25) is 4.79 Å². The first-order valence-electron chi connectivity index (χ1n) is 9.94. The molecule has 0 aliphatic rings. The Kier molecular flexibility index (Phi) is 6.90. The van der Waals surface area contributed by atoms with Gasteiger partial charge in [0.05, 0.1) is 6.61 Å². The van der Waals surface area contributed by atoms with Crippen molar-refractivity contribution in [1.82, 2.24) is 0 Å². The van der Waals surface area contributed by atoms with Crippen LogP contribution in [0, 0.1) is 6.92 Å². The number of benzene rings is 3. The van der Waals surface area contributed by atoms with Crippen molar-refractivity contribution in [3.63, 3.8) is 0 Å². The molecule has 0 radical (unpaired) electrons. The Bertz CT molecular complexity index is 947. The van der Waals surface area contributed by atoms with Gasteiger partial charge in [-0.2, -0.15) is 0 Å².